The molecule has 0 aliphatic heterocycles. The summed E-state index contributed by atoms with van der Waals surface area (Å²) in [5, 5.41) is 25.1. The predicted octanol–water partition coefficient (Wildman–Crippen LogP) is 1.42. The first-order chi connectivity index (χ1) is 6.02. The van der Waals surface area contributed by atoms with Crippen molar-refractivity contribution in [2.24, 2.45) is 0 Å². The molecule has 0 saturated carbocycles. The van der Waals surface area contributed by atoms with Crippen LogP contribution >= 0.6 is 0 Å². The zero-order chi connectivity index (χ0) is 10.4. The highest BCUT2D eigenvalue weighted by Gasteiger charge is 2.01. The normalized spacial score (nSPS) is 8.46. The third-order valence-corrected chi connectivity index (χ3v) is 1.50. The standard InChI is InChI=1S/C8H10O2.CH2O2/c1-5-3-7(9)6(2)8(10)4-5;2-1-3/h3-4,9-10H,1-2H3;1H,(H,2,3). The summed E-state index contributed by atoms with van der Waals surface area (Å²) in [5.74, 6) is 0.301. The Morgan fingerprint density at radius 1 is 1.15 bits per heavy atom. The van der Waals surface area contributed by atoms with E-state index in [9.17, 15) is 0 Å². The number of carbonyl (C=O) groups is 1. The third-order valence-electron chi connectivity index (χ3n) is 1.50. The SMILES string of the molecule is Cc1cc(O)c(C)c(O)c1.O=CO. The molecule has 0 unspecified atom stereocenters. The summed E-state index contributed by atoms with van der Waals surface area (Å²) in [5.41, 5.74) is 1.39. The van der Waals surface area contributed by atoms with E-state index in [-0.39, 0.29) is 18.0 Å². The Morgan fingerprint density at radius 3 is 1.77 bits per heavy atom. The number of hydrogen-bond donors (Lipinski definition) is 3. The van der Waals surface area contributed by atoms with Gasteiger partial charge in [-0.05, 0) is 31.5 Å². The molecular weight excluding hydrogens is 172 g/mol. The summed E-state index contributed by atoms with van der Waals surface area (Å²) in [7, 11) is 0. The summed E-state index contributed by atoms with van der Waals surface area (Å²) in [4.78, 5) is 8.36. The van der Waals surface area contributed by atoms with Crippen LogP contribution in [0.15, 0.2) is 12.1 Å². The van der Waals surface area contributed by atoms with Crippen molar-refractivity contribution in [3.8, 4) is 11.5 Å². The molecular formula is C9H12O4. The Bertz CT molecular complexity index is 271. The van der Waals surface area contributed by atoms with E-state index in [1.165, 1.54) is 0 Å². The monoisotopic (exact) mass is 184 g/mol. The van der Waals surface area contributed by atoms with Gasteiger partial charge in [0, 0.05) is 5.56 Å². The van der Waals surface area contributed by atoms with E-state index in [1.807, 2.05) is 6.92 Å². The molecule has 1 aromatic rings. The van der Waals surface area contributed by atoms with Gasteiger partial charge in [0.2, 0.25) is 0 Å². The Labute approximate surface area is 76.1 Å². The highest BCUT2D eigenvalue weighted by atomic mass is 16.3. The quantitative estimate of drug-likeness (QED) is 0.533. The molecule has 4 heteroatoms. The Balaban J connectivity index is 0.000000424. The zero-order valence-electron chi connectivity index (χ0n) is 7.48. The van der Waals surface area contributed by atoms with Crippen LogP contribution in [0, 0.1) is 13.8 Å². The van der Waals surface area contributed by atoms with Gasteiger partial charge in [-0.1, -0.05) is 0 Å². The molecule has 0 aromatic heterocycles. The second-order valence-electron chi connectivity index (χ2n) is 2.53. The average Bonchev–Trinajstić information content (AvgIpc) is 2.01. The molecule has 0 fully saturated rings. The van der Waals surface area contributed by atoms with Crippen LogP contribution in [0.4, 0.5) is 0 Å². The summed E-state index contributed by atoms with van der Waals surface area (Å²) in [6.07, 6.45) is 0. The number of aromatic hydroxyl groups is 2. The van der Waals surface area contributed by atoms with Crippen LogP contribution in [0.5, 0.6) is 11.5 Å². The summed E-state index contributed by atoms with van der Waals surface area (Å²) >= 11 is 0. The van der Waals surface area contributed by atoms with Crippen molar-refractivity contribution in [1.29, 1.82) is 0 Å². The van der Waals surface area contributed by atoms with E-state index < -0.39 is 0 Å². The van der Waals surface area contributed by atoms with Crippen LogP contribution in [0.1, 0.15) is 11.1 Å². The molecule has 0 heterocycles. The molecule has 0 saturated heterocycles. The van der Waals surface area contributed by atoms with Crippen molar-refractivity contribution in [1.82, 2.24) is 0 Å². The first-order valence-electron chi connectivity index (χ1n) is 3.60. The fraction of sp³-hybridized carbons (Fsp3) is 0.222. The number of carboxylic acid groups (broad SMARTS) is 1. The molecule has 0 spiro atoms. The van der Waals surface area contributed by atoms with E-state index in [0.29, 0.717) is 5.56 Å². The molecule has 13 heavy (non-hydrogen) atoms. The molecule has 1 rings (SSSR count). The van der Waals surface area contributed by atoms with Crippen molar-refractivity contribution in [2.75, 3.05) is 0 Å². The lowest BCUT2D eigenvalue weighted by Crippen LogP contribution is -1.78. The smallest absolute Gasteiger partial charge is 0.290 e. The minimum atomic E-state index is -0.250. The lowest BCUT2D eigenvalue weighted by molar-refractivity contribution is -0.122. The first-order valence-corrected chi connectivity index (χ1v) is 3.60. The zero-order valence-corrected chi connectivity index (χ0v) is 7.48. The fourth-order valence-electron chi connectivity index (χ4n) is 0.821. The average molecular weight is 184 g/mol. The van der Waals surface area contributed by atoms with Crippen molar-refractivity contribution >= 4 is 6.47 Å². The highest BCUT2D eigenvalue weighted by Crippen LogP contribution is 2.26. The van der Waals surface area contributed by atoms with Gasteiger partial charge in [0.15, 0.2) is 0 Å². The van der Waals surface area contributed by atoms with Gasteiger partial charge in [0.25, 0.3) is 6.47 Å². The van der Waals surface area contributed by atoms with Crippen LogP contribution in [0.3, 0.4) is 0 Å². The maximum absolute atomic E-state index is 9.12. The predicted molar refractivity (Wildman–Crippen MR) is 47.9 cm³/mol. The van der Waals surface area contributed by atoms with E-state index in [0.717, 1.165) is 5.56 Å². The fourth-order valence-corrected chi connectivity index (χ4v) is 0.821. The molecule has 0 amide bonds. The van der Waals surface area contributed by atoms with E-state index >= 15 is 0 Å². The van der Waals surface area contributed by atoms with Gasteiger partial charge in [0.05, 0.1) is 0 Å². The molecule has 0 radical (unpaired) electrons. The molecule has 3 N–H and O–H groups in total. The van der Waals surface area contributed by atoms with E-state index in [4.69, 9.17) is 20.1 Å². The summed E-state index contributed by atoms with van der Waals surface area (Å²) in [6.45, 7) is 3.24. The third kappa shape index (κ3) is 3.46. The van der Waals surface area contributed by atoms with Crippen LogP contribution in [-0.2, 0) is 4.79 Å². The van der Waals surface area contributed by atoms with E-state index in [1.54, 1.807) is 19.1 Å². The lowest BCUT2D eigenvalue weighted by atomic mass is 10.1. The van der Waals surface area contributed by atoms with Gasteiger partial charge in [0.1, 0.15) is 11.5 Å². The highest BCUT2D eigenvalue weighted by molar-refractivity contribution is 5.44. The second kappa shape index (κ2) is 5.03. The second-order valence-corrected chi connectivity index (χ2v) is 2.53. The van der Waals surface area contributed by atoms with E-state index in [2.05, 4.69) is 0 Å². The van der Waals surface area contributed by atoms with Gasteiger partial charge in [-0.3, -0.25) is 4.79 Å². The van der Waals surface area contributed by atoms with Gasteiger partial charge >= 0.3 is 0 Å². The first kappa shape index (κ1) is 11.3. The topological polar surface area (TPSA) is 77.8 Å². The Morgan fingerprint density at radius 2 is 1.46 bits per heavy atom. The summed E-state index contributed by atoms with van der Waals surface area (Å²) < 4.78 is 0. The number of phenolic OH excluding ortho intramolecular Hbond substituents is 2. The molecule has 72 valence electrons. The number of rotatable bonds is 0. The molecule has 1 aromatic carbocycles. The van der Waals surface area contributed by atoms with Crippen LogP contribution < -0.4 is 0 Å². The molecule has 0 atom stereocenters. The molecule has 0 bridgehead atoms. The Kier molecular flexibility index (Phi) is 4.37. The van der Waals surface area contributed by atoms with Crippen LogP contribution in [-0.4, -0.2) is 21.8 Å². The number of benzene rings is 1. The van der Waals surface area contributed by atoms with Gasteiger partial charge in [-0.25, -0.2) is 0 Å². The molecule has 0 aliphatic carbocycles. The van der Waals surface area contributed by atoms with Crippen molar-refractivity contribution in [3.63, 3.8) is 0 Å². The van der Waals surface area contributed by atoms with Crippen molar-refractivity contribution < 1.29 is 20.1 Å². The maximum Gasteiger partial charge on any atom is 0.290 e. The minimum absolute atomic E-state index is 0.150. The van der Waals surface area contributed by atoms with Crippen LogP contribution in [0.25, 0.3) is 0 Å². The lowest BCUT2D eigenvalue weighted by Gasteiger charge is -2.01. The van der Waals surface area contributed by atoms with Crippen LogP contribution in [0.2, 0.25) is 0 Å². The number of hydrogen-bond acceptors (Lipinski definition) is 3. The Hall–Kier alpha value is -1.71. The minimum Gasteiger partial charge on any atom is -0.508 e. The molecule has 0 aliphatic rings. The van der Waals surface area contributed by atoms with Gasteiger partial charge in [-0.15, -0.1) is 0 Å². The maximum atomic E-state index is 9.12. The van der Waals surface area contributed by atoms with Crippen molar-refractivity contribution in [2.45, 2.75) is 13.8 Å². The number of aryl methyl sites for hydroxylation is 1. The van der Waals surface area contributed by atoms with Crippen molar-refractivity contribution in [3.05, 3.63) is 23.3 Å². The van der Waals surface area contributed by atoms with Gasteiger partial charge < -0.3 is 15.3 Å². The number of phenols is 2. The molecule has 4 nitrogen and oxygen atoms in total. The summed E-state index contributed by atoms with van der Waals surface area (Å²) in [6, 6.07) is 3.24. The largest absolute Gasteiger partial charge is 0.508 e. The van der Waals surface area contributed by atoms with Gasteiger partial charge in [-0.2, -0.15) is 0 Å².